The van der Waals surface area contributed by atoms with E-state index in [4.69, 9.17) is 4.74 Å². The lowest BCUT2D eigenvalue weighted by Gasteiger charge is -2.36. The molecular formula is C25H28O3. The second-order valence-electron chi connectivity index (χ2n) is 8.23. The van der Waals surface area contributed by atoms with Crippen molar-refractivity contribution in [3.63, 3.8) is 0 Å². The molecule has 1 N–H and O–H groups in total. The Morgan fingerprint density at radius 2 is 2.00 bits per heavy atom. The Morgan fingerprint density at radius 1 is 1.21 bits per heavy atom. The van der Waals surface area contributed by atoms with Crippen molar-refractivity contribution in [3.05, 3.63) is 65.2 Å². The number of phenols is 1. The van der Waals surface area contributed by atoms with E-state index in [0.717, 1.165) is 48.1 Å². The number of hydrogen-bond donors (Lipinski definition) is 1. The summed E-state index contributed by atoms with van der Waals surface area (Å²) in [5.41, 5.74) is 4.12. The molecule has 1 aliphatic heterocycles. The molecule has 2 aliphatic rings. The number of fused-ring (bicyclic) bond motifs is 3. The van der Waals surface area contributed by atoms with E-state index in [1.165, 1.54) is 5.56 Å². The molecule has 1 aliphatic carbocycles. The lowest BCUT2D eigenvalue weighted by molar-refractivity contribution is -0.115. The number of aromatic hydroxyl groups is 1. The number of allylic oxidation sites excluding steroid dienone is 1. The molecule has 3 atom stereocenters. The van der Waals surface area contributed by atoms with Crippen molar-refractivity contribution in [3.8, 4) is 11.5 Å². The molecule has 28 heavy (non-hydrogen) atoms. The van der Waals surface area contributed by atoms with Crippen LogP contribution in [0, 0.1) is 5.92 Å². The van der Waals surface area contributed by atoms with Crippen LogP contribution in [0.5, 0.6) is 11.5 Å². The molecule has 4 rings (SSSR count). The minimum atomic E-state index is 0.0230. The molecule has 2 aromatic carbocycles. The lowest BCUT2D eigenvalue weighted by Crippen LogP contribution is -2.32. The van der Waals surface area contributed by atoms with Gasteiger partial charge in [0.2, 0.25) is 0 Å². The Balaban J connectivity index is 1.53. The molecule has 0 saturated heterocycles. The highest BCUT2D eigenvalue weighted by Crippen LogP contribution is 2.48. The zero-order chi connectivity index (χ0) is 19.7. The number of aryl methyl sites for hydroxylation is 1. The fraction of sp³-hybridized carbons (Fsp3) is 0.400. The molecule has 0 saturated carbocycles. The summed E-state index contributed by atoms with van der Waals surface area (Å²) >= 11 is 0. The summed E-state index contributed by atoms with van der Waals surface area (Å²) in [5, 5.41) is 10.8. The van der Waals surface area contributed by atoms with E-state index in [9.17, 15) is 9.90 Å². The first-order valence-electron chi connectivity index (χ1n) is 10.3. The number of hydrogen-bond acceptors (Lipinski definition) is 3. The topological polar surface area (TPSA) is 46.5 Å². The van der Waals surface area contributed by atoms with E-state index in [-0.39, 0.29) is 23.6 Å². The summed E-state index contributed by atoms with van der Waals surface area (Å²) in [5.74, 6) is 1.61. The van der Waals surface area contributed by atoms with Crippen LogP contribution in [0.15, 0.2) is 48.5 Å². The predicted octanol–water partition coefficient (Wildman–Crippen LogP) is 5.66. The first-order valence-corrected chi connectivity index (χ1v) is 10.3. The van der Waals surface area contributed by atoms with Gasteiger partial charge in [-0.15, -0.1) is 0 Å². The van der Waals surface area contributed by atoms with Crippen LogP contribution in [0.1, 0.15) is 62.1 Å². The van der Waals surface area contributed by atoms with Gasteiger partial charge in [0.15, 0.2) is 5.78 Å². The van der Waals surface area contributed by atoms with Gasteiger partial charge in [-0.25, -0.2) is 0 Å². The van der Waals surface area contributed by atoms with E-state index >= 15 is 0 Å². The largest absolute Gasteiger partial charge is 0.507 e. The van der Waals surface area contributed by atoms with Crippen LogP contribution in [-0.2, 0) is 11.2 Å². The molecule has 0 amide bonds. The van der Waals surface area contributed by atoms with Crippen LogP contribution >= 0.6 is 0 Å². The summed E-state index contributed by atoms with van der Waals surface area (Å²) < 4.78 is 6.17. The van der Waals surface area contributed by atoms with E-state index in [1.807, 2.05) is 12.1 Å². The van der Waals surface area contributed by atoms with E-state index < -0.39 is 0 Å². The van der Waals surface area contributed by atoms with Crippen molar-refractivity contribution < 1.29 is 14.6 Å². The van der Waals surface area contributed by atoms with Crippen molar-refractivity contribution in [2.24, 2.45) is 5.92 Å². The van der Waals surface area contributed by atoms with E-state index in [0.29, 0.717) is 12.3 Å². The molecule has 3 heteroatoms. The number of ketones is 1. The molecule has 0 bridgehead atoms. The molecule has 3 nitrogen and oxygen atoms in total. The van der Waals surface area contributed by atoms with Gasteiger partial charge in [-0.1, -0.05) is 37.3 Å². The standard InChI is InChI=1S/C25H28O3/c1-16(7-6-10-18-8-4-3-5-9-18)19-13-23(27)25-22-15-20(26)11-12-21(22)17(2)28-24(25)14-19/h3-5,8-9,13-17,21,27H,6-7,10-12H2,1-2H3/t16?,17-,21?/m1/s1. The minimum Gasteiger partial charge on any atom is -0.507 e. The number of rotatable bonds is 5. The van der Waals surface area contributed by atoms with E-state index in [2.05, 4.69) is 44.2 Å². The maximum absolute atomic E-state index is 12.0. The summed E-state index contributed by atoms with van der Waals surface area (Å²) in [4.78, 5) is 12.0. The molecule has 1 heterocycles. The lowest BCUT2D eigenvalue weighted by atomic mass is 9.77. The van der Waals surface area contributed by atoms with Crippen molar-refractivity contribution >= 4 is 11.4 Å². The van der Waals surface area contributed by atoms with Crippen LogP contribution in [0.25, 0.3) is 5.57 Å². The van der Waals surface area contributed by atoms with Crippen LogP contribution in [0.3, 0.4) is 0 Å². The van der Waals surface area contributed by atoms with Gasteiger partial charge in [0.1, 0.15) is 17.6 Å². The normalized spacial score (nSPS) is 21.9. The molecule has 2 aromatic rings. The van der Waals surface area contributed by atoms with Crippen LogP contribution < -0.4 is 4.74 Å². The van der Waals surface area contributed by atoms with Crippen molar-refractivity contribution in [2.75, 3.05) is 0 Å². The van der Waals surface area contributed by atoms with Crippen LogP contribution in [0.2, 0.25) is 0 Å². The third-order valence-corrected chi connectivity index (χ3v) is 6.20. The number of carbonyl (C=O) groups excluding carboxylic acids is 1. The van der Waals surface area contributed by atoms with E-state index in [1.54, 1.807) is 6.08 Å². The first kappa shape index (κ1) is 18.8. The second kappa shape index (κ2) is 7.83. The highest BCUT2D eigenvalue weighted by Gasteiger charge is 2.36. The average Bonchev–Trinajstić information content (AvgIpc) is 2.68. The Labute approximate surface area is 167 Å². The maximum Gasteiger partial charge on any atom is 0.156 e. The number of carbonyl (C=O) groups is 1. The molecule has 146 valence electrons. The number of ether oxygens (including phenoxy) is 1. The van der Waals surface area contributed by atoms with Gasteiger partial charge >= 0.3 is 0 Å². The van der Waals surface area contributed by atoms with Crippen LogP contribution in [0.4, 0.5) is 0 Å². The molecule has 0 spiro atoms. The Kier molecular flexibility index (Phi) is 5.25. The Bertz CT molecular complexity index is 898. The van der Waals surface area contributed by atoms with Crippen LogP contribution in [-0.4, -0.2) is 17.0 Å². The minimum absolute atomic E-state index is 0.0230. The summed E-state index contributed by atoms with van der Waals surface area (Å²) in [6.07, 6.45) is 6.31. The predicted molar refractivity (Wildman–Crippen MR) is 112 cm³/mol. The second-order valence-corrected chi connectivity index (χ2v) is 8.23. The zero-order valence-corrected chi connectivity index (χ0v) is 16.7. The molecule has 0 radical (unpaired) electrons. The zero-order valence-electron chi connectivity index (χ0n) is 16.7. The number of benzene rings is 2. The van der Waals surface area contributed by atoms with Gasteiger partial charge in [0.25, 0.3) is 0 Å². The fourth-order valence-corrected chi connectivity index (χ4v) is 4.55. The first-order chi connectivity index (χ1) is 13.5. The third kappa shape index (κ3) is 3.71. The quantitative estimate of drug-likeness (QED) is 0.732. The molecule has 0 fully saturated rings. The smallest absolute Gasteiger partial charge is 0.156 e. The SMILES string of the molecule is CC(CCCc1ccccc1)c1cc(O)c2c(c1)O[C@H](C)C1CCC(=O)C=C21. The monoisotopic (exact) mass is 376 g/mol. The van der Waals surface area contributed by atoms with Gasteiger partial charge < -0.3 is 9.84 Å². The summed E-state index contributed by atoms with van der Waals surface area (Å²) in [6, 6.07) is 14.5. The Hall–Kier alpha value is -2.55. The fourth-order valence-electron chi connectivity index (χ4n) is 4.55. The van der Waals surface area contributed by atoms with Crippen molar-refractivity contribution in [2.45, 2.75) is 58.0 Å². The highest BCUT2D eigenvalue weighted by atomic mass is 16.5. The third-order valence-electron chi connectivity index (χ3n) is 6.20. The summed E-state index contributed by atoms with van der Waals surface area (Å²) in [6.45, 7) is 4.26. The maximum atomic E-state index is 12.0. The van der Waals surface area contributed by atoms with Gasteiger partial charge in [0.05, 0.1) is 5.56 Å². The van der Waals surface area contributed by atoms with Gasteiger partial charge in [0, 0.05) is 12.3 Å². The van der Waals surface area contributed by atoms with Gasteiger partial charge in [-0.3, -0.25) is 4.79 Å². The Morgan fingerprint density at radius 3 is 2.79 bits per heavy atom. The van der Waals surface area contributed by atoms with Crippen molar-refractivity contribution in [1.82, 2.24) is 0 Å². The molecule has 2 unspecified atom stereocenters. The summed E-state index contributed by atoms with van der Waals surface area (Å²) in [7, 11) is 0. The highest BCUT2D eigenvalue weighted by molar-refractivity contribution is 6.00. The van der Waals surface area contributed by atoms with Gasteiger partial charge in [-0.05, 0) is 73.4 Å². The number of phenolic OH excluding ortho intramolecular Hbond substituents is 1. The average molecular weight is 376 g/mol. The van der Waals surface area contributed by atoms with Gasteiger partial charge in [-0.2, -0.15) is 0 Å². The van der Waals surface area contributed by atoms with Crippen molar-refractivity contribution in [1.29, 1.82) is 0 Å². The molecular weight excluding hydrogens is 348 g/mol. The molecule has 0 aromatic heterocycles.